The number of aromatic nitrogens is 1. The van der Waals surface area contributed by atoms with Gasteiger partial charge in [0.1, 0.15) is 0 Å². The van der Waals surface area contributed by atoms with Gasteiger partial charge in [-0.3, -0.25) is 4.79 Å². The van der Waals surface area contributed by atoms with Crippen LogP contribution in [0.25, 0.3) is 0 Å². The number of sulfonamides is 1. The van der Waals surface area contributed by atoms with Crippen LogP contribution < -0.4 is 10.3 Å². The molecule has 0 unspecified atom stereocenters. The van der Waals surface area contributed by atoms with E-state index in [-0.39, 0.29) is 17.0 Å². The first kappa shape index (κ1) is 10.7. The number of pyridine rings is 1. The summed E-state index contributed by atoms with van der Waals surface area (Å²) in [6.07, 6.45) is 2.58. The summed E-state index contributed by atoms with van der Waals surface area (Å²) in [7, 11) is -3.53. The Labute approximate surface area is 81.5 Å². The van der Waals surface area contributed by atoms with Crippen LogP contribution in [0.4, 0.5) is 0 Å². The fourth-order valence-corrected chi connectivity index (χ4v) is 1.78. The molecule has 0 aromatic carbocycles. The Hall–Kier alpha value is -1.40. The maximum absolute atomic E-state index is 11.4. The highest BCUT2D eigenvalue weighted by Crippen LogP contribution is 2.02. The van der Waals surface area contributed by atoms with Gasteiger partial charge in [0.05, 0.1) is 4.90 Å². The minimum Gasteiger partial charge on any atom is -0.328 e. The van der Waals surface area contributed by atoms with E-state index in [9.17, 15) is 13.2 Å². The fraction of sp³-hybridized carbons (Fsp3) is 0.125. The highest BCUT2D eigenvalue weighted by Gasteiger charge is 2.11. The van der Waals surface area contributed by atoms with E-state index in [2.05, 4.69) is 16.3 Å². The van der Waals surface area contributed by atoms with Crippen LogP contribution in [0.1, 0.15) is 0 Å². The number of hydrogen-bond acceptors (Lipinski definition) is 3. The zero-order valence-corrected chi connectivity index (χ0v) is 8.17. The number of H-pyrrole nitrogens is 1. The molecule has 14 heavy (non-hydrogen) atoms. The summed E-state index contributed by atoms with van der Waals surface area (Å²) in [6, 6.07) is 2.40. The summed E-state index contributed by atoms with van der Waals surface area (Å²) in [5, 5.41) is 0. The van der Waals surface area contributed by atoms with Gasteiger partial charge in [-0.15, -0.1) is 6.58 Å². The molecule has 1 heterocycles. The maximum atomic E-state index is 11.4. The van der Waals surface area contributed by atoms with Crippen LogP contribution in [-0.4, -0.2) is 19.9 Å². The Kier molecular flexibility index (Phi) is 3.21. The van der Waals surface area contributed by atoms with Gasteiger partial charge in [-0.05, 0) is 6.07 Å². The smallest absolute Gasteiger partial charge is 0.247 e. The van der Waals surface area contributed by atoms with E-state index >= 15 is 0 Å². The maximum Gasteiger partial charge on any atom is 0.247 e. The van der Waals surface area contributed by atoms with Crippen molar-refractivity contribution in [2.24, 2.45) is 0 Å². The molecule has 0 aliphatic heterocycles. The van der Waals surface area contributed by atoms with Gasteiger partial charge < -0.3 is 4.98 Å². The first-order chi connectivity index (χ1) is 6.56. The van der Waals surface area contributed by atoms with Crippen molar-refractivity contribution in [3.63, 3.8) is 0 Å². The summed E-state index contributed by atoms with van der Waals surface area (Å²) in [6.45, 7) is 3.54. The molecule has 1 aromatic heterocycles. The van der Waals surface area contributed by atoms with Crippen molar-refractivity contribution < 1.29 is 8.42 Å². The second-order valence-corrected chi connectivity index (χ2v) is 4.30. The Morgan fingerprint density at radius 3 is 2.71 bits per heavy atom. The molecule has 0 aliphatic carbocycles. The zero-order valence-electron chi connectivity index (χ0n) is 7.36. The Bertz CT molecular complexity index is 455. The van der Waals surface area contributed by atoms with Crippen molar-refractivity contribution in [3.8, 4) is 0 Å². The second-order valence-electron chi connectivity index (χ2n) is 2.53. The normalized spacial score (nSPS) is 11.1. The molecule has 0 amide bonds. The summed E-state index contributed by atoms with van der Waals surface area (Å²) in [5.74, 6) is 0. The van der Waals surface area contributed by atoms with Gasteiger partial charge in [0.15, 0.2) is 0 Å². The van der Waals surface area contributed by atoms with E-state index in [1.165, 1.54) is 12.1 Å². The third kappa shape index (κ3) is 2.54. The summed E-state index contributed by atoms with van der Waals surface area (Å²) in [5.41, 5.74) is -0.340. The molecule has 0 saturated heterocycles. The standard InChI is InChI=1S/C8H10N2O3S/c1-2-5-10-14(12,13)7-3-4-8(11)9-6-7/h2-4,6,10H,1,5H2,(H,9,11). The first-order valence-corrected chi connectivity index (χ1v) is 5.34. The number of nitrogens with one attached hydrogen (secondary N) is 2. The topological polar surface area (TPSA) is 79.0 Å². The van der Waals surface area contributed by atoms with Crippen LogP contribution in [0, 0.1) is 0 Å². The number of aromatic amines is 1. The predicted molar refractivity (Wildman–Crippen MR) is 52.4 cm³/mol. The molecule has 2 N–H and O–H groups in total. The Morgan fingerprint density at radius 1 is 1.50 bits per heavy atom. The highest BCUT2D eigenvalue weighted by molar-refractivity contribution is 7.89. The van der Waals surface area contributed by atoms with Crippen LogP contribution >= 0.6 is 0 Å². The van der Waals surface area contributed by atoms with Gasteiger partial charge in [0.2, 0.25) is 15.6 Å². The van der Waals surface area contributed by atoms with E-state index in [4.69, 9.17) is 0 Å². The largest absolute Gasteiger partial charge is 0.328 e. The van der Waals surface area contributed by atoms with Crippen molar-refractivity contribution >= 4 is 10.0 Å². The van der Waals surface area contributed by atoms with E-state index in [1.54, 1.807) is 0 Å². The summed E-state index contributed by atoms with van der Waals surface area (Å²) < 4.78 is 25.1. The third-order valence-electron chi connectivity index (χ3n) is 1.48. The lowest BCUT2D eigenvalue weighted by Crippen LogP contribution is -2.24. The molecule has 0 saturated carbocycles. The van der Waals surface area contributed by atoms with Gasteiger partial charge in [-0.1, -0.05) is 6.08 Å². The minimum absolute atomic E-state index is 0.0268. The molecule has 0 spiro atoms. The fourth-order valence-electron chi connectivity index (χ4n) is 0.815. The SMILES string of the molecule is C=CCNS(=O)(=O)c1ccc(=O)[nH]c1. The summed E-state index contributed by atoms with van der Waals surface area (Å²) in [4.78, 5) is 13.0. The number of hydrogen-bond donors (Lipinski definition) is 2. The van der Waals surface area contributed by atoms with Crippen LogP contribution in [-0.2, 0) is 10.0 Å². The molecule has 1 aromatic rings. The lowest BCUT2D eigenvalue weighted by molar-refractivity contribution is 0.585. The lowest BCUT2D eigenvalue weighted by Gasteiger charge is -2.02. The monoisotopic (exact) mass is 214 g/mol. The van der Waals surface area contributed by atoms with Gasteiger partial charge >= 0.3 is 0 Å². The second kappa shape index (κ2) is 4.21. The van der Waals surface area contributed by atoms with E-state index in [0.717, 1.165) is 12.3 Å². The Morgan fingerprint density at radius 2 is 2.21 bits per heavy atom. The molecule has 0 fully saturated rings. The van der Waals surface area contributed by atoms with E-state index in [1.807, 2.05) is 0 Å². The van der Waals surface area contributed by atoms with Gasteiger partial charge in [-0.2, -0.15) is 0 Å². The Balaban J connectivity index is 2.98. The molecule has 6 heteroatoms. The first-order valence-electron chi connectivity index (χ1n) is 3.85. The molecule has 5 nitrogen and oxygen atoms in total. The summed E-state index contributed by atoms with van der Waals surface area (Å²) >= 11 is 0. The highest BCUT2D eigenvalue weighted by atomic mass is 32.2. The van der Waals surface area contributed by atoms with Crippen molar-refractivity contribution in [1.82, 2.24) is 9.71 Å². The quantitative estimate of drug-likeness (QED) is 0.683. The average Bonchev–Trinajstić information content (AvgIpc) is 2.16. The predicted octanol–water partition coefficient (Wildman–Crippen LogP) is -0.161. The molecule has 0 bridgehead atoms. The van der Waals surface area contributed by atoms with Gasteiger partial charge in [0, 0.05) is 18.8 Å². The van der Waals surface area contributed by atoms with Crippen LogP contribution in [0.5, 0.6) is 0 Å². The lowest BCUT2D eigenvalue weighted by atomic mass is 10.5. The average molecular weight is 214 g/mol. The molecular weight excluding hydrogens is 204 g/mol. The third-order valence-corrected chi connectivity index (χ3v) is 2.90. The molecular formula is C8H10N2O3S. The van der Waals surface area contributed by atoms with E-state index < -0.39 is 10.0 Å². The van der Waals surface area contributed by atoms with E-state index in [0.29, 0.717) is 0 Å². The minimum atomic E-state index is -3.53. The molecule has 0 aliphatic rings. The zero-order chi connectivity index (χ0) is 10.6. The van der Waals surface area contributed by atoms with Crippen molar-refractivity contribution in [1.29, 1.82) is 0 Å². The number of rotatable bonds is 4. The van der Waals surface area contributed by atoms with Gasteiger partial charge in [0.25, 0.3) is 0 Å². The molecule has 0 atom stereocenters. The van der Waals surface area contributed by atoms with Crippen LogP contribution in [0.15, 0.2) is 40.7 Å². The molecule has 1 rings (SSSR count). The van der Waals surface area contributed by atoms with Crippen molar-refractivity contribution in [2.45, 2.75) is 4.90 Å². The van der Waals surface area contributed by atoms with Crippen molar-refractivity contribution in [3.05, 3.63) is 41.3 Å². The molecule has 0 radical (unpaired) electrons. The van der Waals surface area contributed by atoms with Gasteiger partial charge in [-0.25, -0.2) is 13.1 Å². The van der Waals surface area contributed by atoms with Crippen LogP contribution in [0.3, 0.4) is 0 Å². The van der Waals surface area contributed by atoms with Crippen molar-refractivity contribution in [2.75, 3.05) is 6.54 Å². The van der Waals surface area contributed by atoms with Crippen LogP contribution in [0.2, 0.25) is 0 Å². The molecule has 76 valence electrons.